The van der Waals surface area contributed by atoms with Crippen LogP contribution >= 0.6 is 0 Å². The summed E-state index contributed by atoms with van der Waals surface area (Å²) in [5.74, 6) is -2.68. The third kappa shape index (κ3) is 6.10. The summed E-state index contributed by atoms with van der Waals surface area (Å²) in [6.45, 7) is 3.15. The molecule has 0 radical (unpaired) electrons. The van der Waals surface area contributed by atoms with E-state index < -0.39 is 17.8 Å². The Hall–Kier alpha value is -4.01. The number of alkyl halides is 2. The van der Waals surface area contributed by atoms with Crippen LogP contribution in [0.25, 0.3) is 11.0 Å². The smallest absolute Gasteiger partial charge is 0.307 e. The fourth-order valence-corrected chi connectivity index (χ4v) is 6.32. The number of aryl methyl sites for hydroxylation is 1. The molecule has 42 heavy (non-hydrogen) atoms. The molecule has 1 saturated heterocycles. The number of rotatable bonds is 8. The van der Waals surface area contributed by atoms with Crippen LogP contribution in [0.2, 0.25) is 0 Å². The number of carboxylic acid groups (broad SMARTS) is 1. The molecule has 2 fully saturated rings. The molecule has 1 saturated carbocycles. The molecule has 220 valence electrons. The first-order valence-corrected chi connectivity index (χ1v) is 14.7. The number of benzene rings is 2. The summed E-state index contributed by atoms with van der Waals surface area (Å²) in [7, 11) is 0. The Labute approximate surface area is 244 Å². The van der Waals surface area contributed by atoms with Crippen LogP contribution in [-0.2, 0) is 17.9 Å². The van der Waals surface area contributed by atoms with Crippen molar-refractivity contribution in [2.75, 3.05) is 18.0 Å². The van der Waals surface area contributed by atoms with Crippen LogP contribution in [0.3, 0.4) is 0 Å². The summed E-state index contributed by atoms with van der Waals surface area (Å²) in [5.41, 5.74) is 5.34. The Morgan fingerprint density at radius 3 is 2.62 bits per heavy atom. The van der Waals surface area contributed by atoms with Crippen LogP contribution in [0.1, 0.15) is 67.1 Å². The average Bonchev–Trinajstić information content (AvgIpc) is 3.34. The van der Waals surface area contributed by atoms with Crippen molar-refractivity contribution in [2.45, 2.75) is 70.4 Å². The maximum atomic E-state index is 14.0. The summed E-state index contributed by atoms with van der Waals surface area (Å²) >= 11 is 0. The van der Waals surface area contributed by atoms with Gasteiger partial charge in [0.2, 0.25) is 0 Å². The fraction of sp³-hybridized carbons (Fsp3) is 0.424. The van der Waals surface area contributed by atoms with E-state index in [9.17, 15) is 18.7 Å². The van der Waals surface area contributed by atoms with Crippen molar-refractivity contribution in [2.24, 2.45) is 5.92 Å². The summed E-state index contributed by atoms with van der Waals surface area (Å²) in [6.07, 6.45) is 5.48. The van der Waals surface area contributed by atoms with Gasteiger partial charge < -0.3 is 19.3 Å². The first kappa shape index (κ1) is 28.1. The zero-order valence-electron chi connectivity index (χ0n) is 23.8. The van der Waals surface area contributed by atoms with Crippen molar-refractivity contribution in [3.8, 4) is 5.75 Å². The number of halogens is 2. The normalized spacial score (nSPS) is 20.5. The van der Waals surface area contributed by atoms with Crippen LogP contribution < -0.4 is 9.64 Å². The number of carboxylic acids is 1. The molecule has 1 aliphatic carbocycles. The maximum absolute atomic E-state index is 14.0. The minimum absolute atomic E-state index is 0.0657. The van der Waals surface area contributed by atoms with Gasteiger partial charge in [0, 0.05) is 43.4 Å². The highest BCUT2D eigenvalue weighted by molar-refractivity contribution is 5.79. The lowest BCUT2D eigenvalue weighted by atomic mass is 9.78. The number of hydrogen-bond acceptors (Lipinski definition) is 5. The minimum atomic E-state index is -2.67. The molecular formula is C33H36F2N4O3. The number of nitrogens with zero attached hydrogens (tertiary/aromatic N) is 4. The molecule has 1 unspecified atom stereocenters. The standard InChI is InChI=1S/C33H36F2N4O3/c1-22-7-10-24(36-18-22)20-42-26-13-14-29-30(17-26)39(31(37-29)27-5-2-3-6-28(27)32(40)41)19-23-8-11-25(12-9-23)38-16-4-15-33(34,35)21-38/h7-14,17-18,27-28H,2-6,15-16,19-21H2,1H3,(H,40,41)/t27?,28-/m0/s1. The van der Waals surface area contributed by atoms with E-state index in [-0.39, 0.29) is 18.9 Å². The fourth-order valence-electron chi connectivity index (χ4n) is 6.32. The Morgan fingerprint density at radius 2 is 1.88 bits per heavy atom. The van der Waals surface area contributed by atoms with Gasteiger partial charge in [-0.1, -0.05) is 31.0 Å². The highest BCUT2D eigenvalue weighted by Crippen LogP contribution is 2.40. The van der Waals surface area contributed by atoms with Gasteiger partial charge in [-0.25, -0.2) is 13.8 Å². The Balaban J connectivity index is 1.32. The molecular weight excluding hydrogens is 538 g/mol. The first-order valence-electron chi connectivity index (χ1n) is 14.7. The lowest BCUT2D eigenvalue weighted by Crippen LogP contribution is -2.42. The molecule has 4 aromatic rings. The average molecular weight is 575 g/mol. The van der Waals surface area contributed by atoms with Crippen molar-refractivity contribution < 1.29 is 23.4 Å². The molecule has 0 amide bonds. The number of fused-ring (bicyclic) bond motifs is 1. The van der Waals surface area contributed by atoms with E-state index in [1.807, 2.05) is 67.7 Å². The van der Waals surface area contributed by atoms with Gasteiger partial charge in [0.1, 0.15) is 18.2 Å². The second kappa shape index (κ2) is 11.7. The van der Waals surface area contributed by atoms with Crippen molar-refractivity contribution in [3.63, 3.8) is 0 Å². The monoisotopic (exact) mass is 574 g/mol. The molecule has 1 N–H and O–H groups in total. The SMILES string of the molecule is Cc1ccc(COc2ccc3nc(C4CCCC[C@@H]4C(=O)O)n(Cc4ccc(N5CCCC(F)(F)C5)cc4)c3c2)nc1. The van der Waals surface area contributed by atoms with Crippen LogP contribution in [-0.4, -0.2) is 44.6 Å². The highest BCUT2D eigenvalue weighted by atomic mass is 19.3. The number of aromatic nitrogens is 3. The Kier molecular flexibility index (Phi) is 7.84. The van der Waals surface area contributed by atoms with Crippen molar-refractivity contribution >= 4 is 22.7 Å². The molecule has 3 heterocycles. The topological polar surface area (TPSA) is 80.5 Å². The van der Waals surface area contributed by atoms with Crippen LogP contribution in [0.5, 0.6) is 5.75 Å². The number of pyridine rings is 1. The van der Waals surface area contributed by atoms with E-state index in [1.54, 1.807) is 4.90 Å². The number of carbonyl (C=O) groups is 1. The van der Waals surface area contributed by atoms with Gasteiger partial charge in [-0.2, -0.15) is 0 Å². The van der Waals surface area contributed by atoms with Crippen molar-refractivity contribution in [3.05, 3.63) is 83.4 Å². The predicted molar refractivity (Wildman–Crippen MR) is 157 cm³/mol. The maximum Gasteiger partial charge on any atom is 0.307 e. The van der Waals surface area contributed by atoms with E-state index >= 15 is 0 Å². The molecule has 2 atom stereocenters. The third-order valence-electron chi connectivity index (χ3n) is 8.56. The quantitative estimate of drug-likeness (QED) is 0.245. The largest absolute Gasteiger partial charge is 0.487 e. The third-order valence-corrected chi connectivity index (χ3v) is 8.56. The van der Waals surface area contributed by atoms with E-state index in [4.69, 9.17) is 9.72 Å². The number of aliphatic carboxylic acids is 1. The molecule has 1 aliphatic heterocycles. The van der Waals surface area contributed by atoms with Gasteiger partial charge in [-0.15, -0.1) is 0 Å². The van der Waals surface area contributed by atoms with Gasteiger partial charge in [0.25, 0.3) is 5.92 Å². The van der Waals surface area contributed by atoms with Crippen LogP contribution in [0.15, 0.2) is 60.8 Å². The molecule has 0 bridgehead atoms. The molecule has 0 spiro atoms. The summed E-state index contributed by atoms with van der Waals surface area (Å²) in [5, 5.41) is 10.0. The molecule has 2 aromatic heterocycles. The summed E-state index contributed by atoms with van der Waals surface area (Å²) in [6, 6.07) is 17.5. The van der Waals surface area contributed by atoms with E-state index in [0.29, 0.717) is 38.3 Å². The molecule has 9 heteroatoms. The number of anilines is 1. The number of imidazole rings is 1. The van der Waals surface area contributed by atoms with Gasteiger partial charge in [-0.05, 0) is 67.6 Å². The first-order chi connectivity index (χ1) is 20.3. The van der Waals surface area contributed by atoms with Gasteiger partial charge in [-0.3, -0.25) is 9.78 Å². The summed E-state index contributed by atoms with van der Waals surface area (Å²) < 4.78 is 36.3. The van der Waals surface area contributed by atoms with E-state index in [2.05, 4.69) is 9.55 Å². The molecule has 6 rings (SSSR count). The lowest BCUT2D eigenvalue weighted by molar-refractivity contribution is -0.143. The molecule has 2 aliphatic rings. The predicted octanol–water partition coefficient (Wildman–Crippen LogP) is 6.96. The van der Waals surface area contributed by atoms with Crippen LogP contribution in [0, 0.1) is 12.8 Å². The van der Waals surface area contributed by atoms with Crippen molar-refractivity contribution in [1.29, 1.82) is 0 Å². The zero-order chi connectivity index (χ0) is 29.3. The second-order valence-corrected chi connectivity index (χ2v) is 11.7. The lowest BCUT2D eigenvalue weighted by Gasteiger charge is -2.34. The Bertz CT molecular complexity index is 1550. The number of hydrogen-bond donors (Lipinski definition) is 1. The number of piperidine rings is 1. The van der Waals surface area contributed by atoms with Crippen molar-refractivity contribution in [1.82, 2.24) is 14.5 Å². The van der Waals surface area contributed by atoms with E-state index in [0.717, 1.165) is 58.6 Å². The van der Waals surface area contributed by atoms with E-state index in [1.165, 1.54) is 0 Å². The molecule has 2 aromatic carbocycles. The van der Waals surface area contributed by atoms with Gasteiger partial charge in [0.15, 0.2) is 0 Å². The number of ether oxygens (including phenoxy) is 1. The Morgan fingerprint density at radius 1 is 1.07 bits per heavy atom. The second-order valence-electron chi connectivity index (χ2n) is 11.7. The molecule has 7 nitrogen and oxygen atoms in total. The summed E-state index contributed by atoms with van der Waals surface area (Å²) in [4.78, 5) is 23.4. The van der Waals surface area contributed by atoms with Gasteiger partial charge in [0.05, 0.1) is 29.2 Å². The minimum Gasteiger partial charge on any atom is -0.487 e. The highest BCUT2D eigenvalue weighted by Gasteiger charge is 2.36. The van der Waals surface area contributed by atoms with Gasteiger partial charge >= 0.3 is 5.97 Å². The zero-order valence-corrected chi connectivity index (χ0v) is 23.8. The van der Waals surface area contributed by atoms with Crippen LogP contribution in [0.4, 0.5) is 14.5 Å².